The average Bonchev–Trinajstić information content (AvgIpc) is 3.12. The van der Waals surface area contributed by atoms with Crippen LogP contribution in [-0.2, 0) is 27.8 Å². The van der Waals surface area contributed by atoms with E-state index < -0.39 is 33.2 Å². The van der Waals surface area contributed by atoms with E-state index in [0.29, 0.717) is 48.7 Å². The summed E-state index contributed by atoms with van der Waals surface area (Å²) in [7, 11) is 0.210. The summed E-state index contributed by atoms with van der Waals surface area (Å²) in [6.45, 7) is 7.75. The molecule has 9 heteroatoms. The van der Waals surface area contributed by atoms with E-state index in [4.69, 9.17) is 9.84 Å². The summed E-state index contributed by atoms with van der Waals surface area (Å²) in [5.41, 5.74) is 3.68. The number of hydrogen-bond acceptors (Lipinski definition) is 7. The fraction of sp³-hybridized carbons (Fsp3) is 0.500. The van der Waals surface area contributed by atoms with Crippen LogP contribution in [0.3, 0.4) is 0 Å². The molecule has 47 heavy (non-hydrogen) atoms. The highest BCUT2D eigenvalue weighted by molar-refractivity contribution is 7.91. The highest BCUT2D eigenvalue weighted by atomic mass is 32.2. The van der Waals surface area contributed by atoms with Gasteiger partial charge in [-0.15, -0.1) is 0 Å². The number of aliphatic hydroxyl groups excluding tert-OH is 1. The molecular formula is C38H52N2O6S. The number of fused-ring (bicyclic) bond motifs is 1. The van der Waals surface area contributed by atoms with Gasteiger partial charge in [0.1, 0.15) is 12.4 Å². The summed E-state index contributed by atoms with van der Waals surface area (Å²) in [5.74, 6) is -0.725. The summed E-state index contributed by atoms with van der Waals surface area (Å²) >= 11 is 0. The Kier molecular flexibility index (Phi) is 12.5. The predicted octanol–water partition coefficient (Wildman–Crippen LogP) is 6.89. The van der Waals surface area contributed by atoms with Crippen molar-refractivity contribution in [1.29, 1.82) is 0 Å². The largest absolute Gasteiger partial charge is 0.489 e. The van der Waals surface area contributed by atoms with Gasteiger partial charge in [0.25, 0.3) is 0 Å². The van der Waals surface area contributed by atoms with Crippen LogP contribution in [0.15, 0.2) is 71.6 Å². The molecule has 0 fully saturated rings. The lowest BCUT2D eigenvalue weighted by atomic mass is 9.68. The minimum Gasteiger partial charge on any atom is -0.489 e. The molecule has 0 spiro atoms. The summed E-state index contributed by atoms with van der Waals surface area (Å²) in [5, 5.41) is 21.5. The smallest absolute Gasteiger partial charge is 0.317 e. The molecule has 0 aromatic heterocycles. The van der Waals surface area contributed by atoms with Crippen LogP contribution in [0.2, 0.25) is 0 Å². The van der Waals surface area contributed by atoms with Crippen molar-refractivity contribution in [2.24, 2.45) is 5.41 Å². The SMILES string of the molecule is CCCCC1(CCCC)CS(=O)(=O)c2ccc(N(C)C)cc2[C@@H](c2ccc(OCc3ccc(CN(CC)CC(=O)O)cc3)cc2)[C@H]1O. The Labute approximate surface area is 281 Å². The van der Waals surface area contributed by atoms with Crippen molar-refractivity contribution in [2.45, 2.75) is 89.4 Å². The third-order valence-corrected chi connectivity index (χ3v) is 11.5. The standard InChI is InChI=1S/C38H52N2O6S/c1-6-9-21-38(22-10-7-2)27-47(44,45)34-20-17-31(39(4)5)23-33(34)36(37(38)43)30-15-18-32(19-16-30)46-26-29-13-11-28(12-14-29)24-40(8-3)25-35(41)42/h11-20,23,36-37,43H,6-10,21-22,24-27H2,1-5H3,(H,41,42)/t36-,37-/m1/s1. The second-order valence-corrected chi connectivity index (χ2v) is 15.2. The number of anilines is 1. The lowest BCUT2D eigenvalue weighted by Gasteiger charge is -2.40. The van der Waals surface area contributed by atoms with Crippen molar-refractivity contribution in [3.8, 4) is 5.75 Å². The zero-order chi connectivity index (χ0) is 34.2. The van der Waals surface area contributed by atoms with Crippen LogP contribution in [0.5, 0.6) is 5.75 Å². The topological polar surface area (TPSA) is 107 Å². The first-order valence-corrected chi connectivity index (χ1v) is 18.5. The van der Waals surface area contributed by atoms with E-state index in [-0.39, 0.29) is 12.3 Å². The van der Waals surface area contributed by atoms with Crippen molar-refractivity contribution in [3.05, 3.63) is 89.0 Å². The Balaban J connectivity index is 1.62. The number of aliphatic carboxylic acids is 1. The summed E-state index contributed by atoms with van der Waals surface area (Å²) in [4.78, 5) is 15.2. The van der Waals surface area contributed by atoms with Crippen LogP contribution in [0, 0.1) is 5.41 Å². The molecule has 0 saturated carbocycles. The molecule has 0 radical (unpaired) electrons. The van der Waals surface area contributed by atoms with E-state index in [1.807, 2.05) is 91.5 Å². The molecule has 2 atom stereocenters. The quantitative estimate of drug-likeness (QED) is 0.171. The second-order valence-electron chi connectivity index (χ2n) is 13.2. The number of ether oxygens (including phenoxy) is 1. The van der Waals surface area contributed by atoms with Gasteiger partial charge in [0.15, 0.2) is 9.84 Å². The third kappa shape index (κ3) is 8.95. The van der Waals surface area contributed by atoms with Crippen molar-refractivity contribution in [2.75, 3.05) is 37.8 Å². The Hall–Kier alpha value is -3.40. The number of sulfone groups is 1. The van der Waals surface area contributed by atoms with Gasteiger partial charge in [-0.1, -0.05) is 82.9 Å². The van der Waals surface area contributed by atoms with Crippen LogP contribution >= 0.6 is 0 Å². The van der Waals surface area contributed by atoms with E-state index in [1.165, 1.54) is 0 Å². The predicted molar refractivity (Wildman–Crippen MR) is 188 cm³/mol. The molecule has 256 valence electrons. The van der Waals surface area contributed by atoms with Crippen LogP contribution in [0.25, 0.3) is 0 Å². The average molecular weight is 665 g/mol. The summed E-state index contributed by atoms with van der Waals surface area (Å²) in [6.07, 6.45) is 4.01. The first-order chi connectivity index (χ1) is 22.4. The molecule has 0 saturated heterocycles. The molecule has 0 bridgehead atoms. The molecule has 3 aromatic rings. The number of nitrogens with zero attached hydrogens (tertiary/aromatic N) is 2. The van der Waals surface area contributed by atoms with Crippen LogP contribution in [0.1, 0.15) is 87.5 Å². The third-order valence-electron chi connectivity index (χ3n) is 9.54. The minimum absolute atomic E-state index is 0.00587. The fourth-order valence-corrected chi connectivity index (χ4v) is 8.99. The summed E-state index contributed by atoms with van der Waals surface area (Å²) in [6, 6.07) is 21.2. The number of benzene rings is 3. The zero-order valence-electron chi connectivity index (χ0n) is 28.6. The number of hydrogen-bond donors (Lipinski definition) is 2. The molecular weight excluding hydrogens is 612 g/mol. The van der Waals surface area contributed by atoms with Gasteiger partial charge in [0.05, 0.1) is 23.3 Å². The van der Waals surface area contributed by atoms with Crippen LogP contribution < -0.4 is 9.64 Å². The van der Waals surface area contributed by atoms with Gasteiger partial charge >= 0.3 is 5.97 Å². The van der Waals surface area contributed by atoms with Gasteiger partial charge in [-0.25, -0.2) is 8.42 Å². The van der Waals surface area contributed by atoms with Gasteiger partial charge in [-0.05, 0) is 72.0 Å². The van der Waals surface area contributed by atoms with Crippen molar-refractivity contribution >= 4 is 21.5 Å². The van der Waals surface area contributed by atoms with Crippen LogP contribution in [0.4, 0.5) is 5.69 Å². The number of carbonyl (C=O) groups is 1. The molecule has 0 aliphatic carbocycles. The minimum atomic E-state index is -3.66. The van der Waals surface area contributed by atoms with Gasteiger partial charge in [-0.3, -0.25) is 9.69 Å². The normalized spacial score (nSPS) is 18.4. The molecule has 3 aromatic carbocycles. The van der Waals surface area contributed by atoms with E-state index in [9.17, 15) is 18.3 Å². The lowest BCUT2D eigenvalue weighted by molar-refractivity contribution is -0.138. The van der Waals surface area contributed by atoms with E-state index >= 15 is 0 Å². The van der Waals surface area contributed by atoms with Crippen LogP contribution in [-0.4, -0.2) is 68.5 Å². The second kappa shape index (κ2) is 16.1. The van der Waals surface area contributed by atoms with Crippen molar-refractivity contribution in [3.63, 3.8) is 0 Å². The maximum absolute atomic E-state index is 14.1. The van der Waals surface area contributed by atoms with E-state index in [2.05, 4.69) is 13.8 Å². The number of unbranched alkanes of at least 4 members (excludes halogenated alkanes) is 2. The highest BCUT2D eigenvalue weighted by Gasteiger charge is 2.49. The molecule has 1 aliphatic heterocycles. The number of aliphatic hydroxyl groups is 1. The molecule has 1 aliphatic rings. The number of likely N-dealkylation sites (N-methyl/N-ethyl adjacent to an activating group) is 1. The Morgan fingerprint density at radius 2 is 1.53 bits per heavy atom. The maximum atomic E-state index is 14.1. The molecule has 0 amide bonds. The van der Waals surface area contributed by atoms with Crippen molar-refractivity contribution < 1.29 is 28.2 Å². The Morgan fingerprint density at radius 3 is 2.09 bits per heavy atom. The molecule has 2 N–H and O–H groups in total. The first kappa shape index (κ1) is 36.4. The van der Waals surface area contributed by atoms with Gasteiger partial charge in [0, 0.05) is 37.7 Å². The summed E-state index contributed by atoms with van der Waals surface area (Å²) < 4.78 is 34.3. The van der Waals surface area contributed by atoms with Crippen molar-refractivity contribution in [1.82, 2.24) is 4.90 Å². The number of rotatable bonds is 16. The van der Waals surface area contributed by atoms with E-state index in [0.717, 1.165) is 48.1 Å². The van der Waals surface area contributed by atoms with Gasteiger partial charge in [-0.2, -0.15) is 0 Å². The molecule has 4 rings (SSSR count). The molecule has 0 unspecified atom stereocenters. The zero-order valence-corrected chi connectivity index (χ0v) is 29.4. The number of carboxylic acid groups (broad SMARTS) is 1. The van der Waals surface area contributed by atoms with E-state index in [1.54, 1.807) is 6.07 Å². The number of carboxylic acids is 1. The van der Waals surface area contributed by atoms with Gasteiger partial charge < -0.3 is 19.8 Å². The van der Waals surface area contributed by atoms with Gasteiger partial charge in [0.2, 0.25) is 0 Å². The maximum Gasteiger partial charge on any atom is 0.317 e. The monoisotopic (exact) mass is 664 g/mol. The Morgan fingerprint density at radius 1 is 0.915 bits per heavy atom. The Bertz CT molecular complexity index is 1560. The highest BCUT2D eigenvalue weighted by Crippen LogP contribution is 2.50. The lowest BCUT2D eigenvalue weighted by Crippen LogP contribution is -2.43. The first-order valence-electron chi connectivity index (χ1n) is 16.9. The fourth-order valence-electron chi connectivity index (χ4n) is 6.80. The molecule has 1 heterocycles. The molecule has 8 nitrogen and oxygen atoms in total.